The molecule has 1 rings (SSSR count). The van der Waals surface area contributed by atoms with E-state index < -0.39 is 0 Å². The molecule has 1 atom stereocenters. The number of hydrogen-bond donors (Lipinski definition) is 0. The van der Waals surface area contributed by atoms with Crippen molar-refractivity contribution in [2.45, 2.75) is 20.8 Å². The molecule has 1 aromatic heterocycles. The molecule has 116 valence electrons. The number of methoxy groups -OCH3 is 1. The summed E-state index contributed by atoms with van der Waals surface area (Å²) in [4.78, 5) is 25.4. The molecule has 0 radical (unpaired) electrons. The van der Waals surface area contributed by atoms with Gasteiger partial charge in [-0.1, -0.05) is 20.8 Å². The average molecular weight is 293 g/mol. The lowest BCUT2D eigenvalue weighted by Gasteiger charge is -2.25. The molecule has 0 spiro atoms. The highest BCUT2D eigenvalue weighted by Gasteiger charge is 2.20. The molecule has 0 N–H and O–H groups in total. The standard InChI is InChI=1S/C16H23NO4/c1-12(2)10-17(11-13(3)16(19)20-4)15(18)8-7-14-6-5-9-21-14/h5-9,12-13H,10-11H2,1-4H3/b8-7+. The van der Waals surface area contributed by atoms with Crippen LogP contribution >= 0.6 is 0 Å². The Hall–Kier alpha value is -2.04. The second-order valence-electron chi connectivity index (χ2n) is 5.41. The van der Waals surface area contributed by atoms with Gasteiger partial charge in [0.05, 0.1) is 19.3 Å². The Labute approximate surface area is 125 Å². The van der Waals surface area contributed by atoms with Crippen LogP contribution in [-0.2, 0) is 14.3 Å². The fraction of sp³-hybridized carbons (Fsp3) is 0.500. The van der Waals surface area contributed by atoms with Gasteiger partial charge in [-0.05, 0) is 24.1 Å². The molecule has 1 aromatic rings. The van der Waals surface area contributed by atoms with Crippen LogP contribution in [0.1, 0.15) is 26.5 Å². The number of hydrogen-bond acceptors (Lipinski definition) is 4. The van der Waals surface area contributed by atoms with Crippen molar-refractivity contribution in [2.75, 3.05) is 20.2 Å². The fourth-order valence-electron chi connectivity index (χ4n) is 1.95. The van der Waals surface area contributed by atoms with E-state index in [1.54, 1.807) is 36.3 Å². The third kappa shape index (κ3) is 5.85. The Kier molecular flexibility index (Phi) is 6.72. The van der Waals surface area contributed by atoms with Crippen molar-refractivity contribution in [3.63, 3.8) is 0 Å². The zero-order valence-corrected chi connectivity index (χ0v) is 13.0. The van der Waals surface area contributed by atoms with Crippen molar-refractivity contribution in [3.05, 3.63) is 30.2 Å². The highest BCUT2D eigenvalue weighted by molar-refractivity contribution is 5.91. The maximum absolute atomic E-state index is 12.3. The van der Waals surface area contributed by atoms with Gasteiger partial charge >= 0.3 is 5.97 Å². The molecule has 5 heteroatoms. The van der Waals surface area contributed by atoms with Gasteiger partial charge in [0.1, 0.15) is 5.76 Å². The van der Waals surface area contributed by atoms with Crippen LogP contribution in [0.3, 0.4) is 0 Å². The summed E-state index contributed by atoms with van der Waals surface area (Å²) in [6, 6.07) is 3.53. The number of carbonyl (C=O) groups is 2. The van der Waals surface area contributed by atoms with Crippen molar-refractivity contribution in [1.29, 1.82) is 0 Å². The number of ether oxygens (including phenoxy) is 1. The lowest BCUT2D eigenvalue weighted by Crippen LogP contribution is -2.38. The first kappa shape index (κ1) is 17.0. The van der Waals surface area contributed by atoms with E-state index in [1.165, 1.54) is 13.2 Å². The topological polar surface area (TPSA) is 59.8 Å². The van der Waals surface area contributed by atoms with E-state index in [0.717, 1.165) is 0 Å². The number of amides is 1. The molecule has 0 saturated carbocycles. The number of carbonyl (C=O) groups excluding carboxylic acids is 2. The van der Waals surface area contributed by atoms with Crippen molar-refractivity contribution in [3.8, 4) is 0 Å². The van der Waals surface area contributed by atoms with Gasteiger partial charge in [0.15, 0.2) is 0 Å². The van der Waals surface area contributed by atoms with Gasteiger partial charge in [-0.15, -0.1) is 0 Å². The summed E-state index contributed by atoms with van der Waals surface area (Å²) in [6.45, 7) is 6.73. The SMILES string of the molecule is COC(=O)C(C)CN(CC(C)C)C(=O)/C=C/c1ccco1. The summed E-state index contributed by atoms with van der Waals surface area (Å²) in [5.74, 6) is 0.127. The molecule has 5 nitrogen and oxygen atoms in total. The molecule has 0 fully saturated rings. The Bertz CT molecular complexity index is 476. The van der Waals surface area contributed by atoms with Gasteiger partial charge in [-0.25, -0.2) is 0 Å². The minimum absolute atomic E-state index is 0.143. The van der Waals surface area contributed by atoms with Crippen LogP contribution in [0.2, 0.25) is 0 Å². The van der Waals surface area contributed by atoms with Crippen molar-refractivity contribution >= 4 is 18.0 Å². The number of furan rings is 1. The molecule has 1 amide bonds. The molecular formula is C16H23NO4. The summed E-state index contributed by atoms with van der Waals surface area (Å²) in [6.07, 6.45) is 4.64. The molecule has 0 aliphatic heterocycles. The van der Waals surface area contributed by atoms with Crippen molar-refractivity contribution in [1.82, 2.24) is 4.90 Å². The van der Waals surface area contributed by atoms with Crippen LogP contribution in [-0.4, -0.2) is 37.0 Å². The third-order valence-electron chi connectivity index (χ3n) is 2.93. The quantitative estimate of drug-likeness (QED) is 0.572. The van der Waals surface area contributed by atoms with Gasteiger partial charge in [0, 0.05) is 19.2 Å². The maximum atomic E-state index is 12.3. The van der Waals surface area contributed by atoms with Crippen LogP contribution in [0.25, 0.3) is 6.08 Å². The van der Waals surface area contributed by atoms with Crippen LogP contribution < -0.4 is 0 Å². The minimum atomic E-state index is -0.352. The molecule has 0 saturated heterocycles. The average Bonchev–Trinajstić information content (AvgIpc) is 2.95. The minimum Gasteiger partial charge on any atom is -0.469 e. The number of nitrogens with zero attached hydrogens (tertiary/aromatic N) is 1. The van der Waals surface area contributed by atoms with Crippen molar-refractivity contribution in [2.24, 2.45) is 11.8 Å². The summed E-state index contributed by atoms with van der Waals surface area (Å²) in [5.41, 5.74) is 0. The molecule has 21 heavy (non-hydrogen) atoms. The van der Waals surface area contributed by atoms with Crippen LogP contribution in [0.5, 0.6) is 0 Å². The van der Waals surface area contributed by atoms with E-state index in [4.69, 9.17) is 9.15 Å². The van der Waals surface area contributed by atoms with Crippen LogP contribution in [0, 0.1) is 11.8 Å². The second kappa shape index (κ2) is 8.29. The second-order valence-corrected chi connectivity index (χ2v) is 5.41. The van der Waals surface area contributed by atoms with E-state index in [0.29, 0.717) is 24.8 Å². The molecule has 1 unspecified atom stereocenters. The molecule has 0 bridgehead atoms. The number of esters is 1. The zero-order valence-electron chi connectivity index (χ0n) is 13.0. The monoisotopic (exact) mass is 293 g/mol. The predicted molar refractivity (Wildman–Crippen MR) is 80.3 cm³/mol. The molecule has 0 aromatic carbocycles. The van der Waals surface area contributed by atoms with Gasteiger partial charge in [0.2, 0.25) is 5.91 Å². The summed E-state index contributed by atoms with van der Waals surface area (Å²) in [5, 5.41) is 0. The van der Waals surface area contributed by atoms with E-state index in [9.17, 15) is 9.59 Å². The number of rotatable bonds is 7. The molecule has 0 aliphatic rings. The molecule has 1 heterocycles. The van der Waals surface area contributed by atoms with Gasteiger partial charge in [-0.2, -0.15) is 0 Å². The normalized spacial score (nSPS) is 12.6. The largest absolute Gasteiger partial charge is 0.469 e. The van der Waals surface area contributed by atoms with Gasteiger partial charge in [-0.3, -0.25) is 9.59 Å². The van der Waals surface area contributed by atoms with E-state index in [2.05, 4.69) is 0 Å². The summed E-state index contributed by atoms with van der Waals surface area (Å²) < 4.78 is 9.86. The predicted octanol–water partition coefficient (Wildman–Crippen LogP) is 2.59. The van der Waals surface area contributed by atoms with Crippen LogP contribution in [0.15, 0.2) is 28.9 Å². The maximum Gasteiger partial charge on any atom is 0.310 e. The first-order valence-corrected chi connectivity index (χ1v) is 7.02. The van der Waals surface area contributed by atoms with Crippen LogP contribution in [0.4, 0.5) is 0 Å². The Morgan fingerprint density at radius 1 is 1.33 bits per heavy atom. The third-order valence-corrected chi connectivity index (χ3v) is 2.93. The summed E-state index contributed by atoms with van der Waals surface area (Å²) >= 11 is 0. The van der Waals surface area contributed by atoms with E-state index in [-0.39, 0.29) is 17.8 Å². The Morgan fingerprint density at radius 3 is 2.57 bits per heavy atom. The first-order valence-electron chi connectivity index (χ1n) is 7.02. The lowest BCUT2D eigenvalue weighted by molar-refractivity contribution is -0.146. The smallest absolute Gasteiger partial charge is 0.310 e. The van der Waals surface area contributed by atoms with Crippen molar-refractivity contribution < 1.29 is 18.7 Å². The molecule has 0 aliphatic carbocycles. The highest BCUT2D eigenvalue weighted by Crippen LogP contribution is 2.09. The fourth-order valence-corrected chi connectivity index (χ4v) is 1.95. The molecular weight excluding hydrogens is 270 g/mol. The first-order chi connectivity index (χ1) is 9.93. The van der Waals surface area contributed by atoms with E-state index >= 15 is 0 Å². The zero-order chi connectivity index (χ0) is 15.8. The lowest BCUT2D eigenvalue weighted by atomic mass is 10.1. The Morgan fingerprint density at radius 2 is 2.05 bits per heavy atom. The Balaban J connectivity index is 2.71. The van der Waals surface area contributed by atoms with E-state index in [1.807, 2.05) is 13.8 Å². The van der Waals surface area contributed by atoms with Gasteiger partial charge < -0.3 is 14.1 Å². The highest BCUT2D eigenvalue weighted by atomic mass is 16.5. The van der Waals surface area contributed by atoms with Gasteiger partial charge in [0.25, 0.3) is 0 Å². The summed E-state index contributed by atoms with van der Waals surface area (Å²) in [7, 11) is 1.35.